The molecular formula is C21H31N3O3S. The molecule has 1 heterocycles. The molecule has 4 rings (SSSR count). The first-order valence-electron chi connectivity index (χ1n) is 10.5. The average molecular weight is 406 g/mol. The fraction of sp³-hybridized carbons (Fsp3) is 0.667. The van der Waals surface area contributed by atoms with Crippen molar-refractivity contribution in [3.8, 4) is 0 Å². The van der Waals surface area contributed by atoms with E-state index in [4.69, 9.17) is 0 Å². The summed E-state index contributed by atoms with van der Waals surface area (Å²) in [7, 11) is -1.68. The number of amides is 2. The van der Waals surface area contributed by atoms with Crippen LogP contribution in [0, 0.1) is 5.92 Å². The Morgan fingerprint density at radius 2 is 1.86 bits per heavy atom. The van der Waals surface area contributed by atoms with E-state index in [0.29, 0.717) is 24.7 Å². The number of aryl methyl sites for hydroxylation is 1. The third-order valence-electron chi connectivity index (χ3n) is 6.71. The summed E-state index contributed by atoms with van der Waals surface area (Å²) in [6, 6.07) is 3.70. The molecule has 2 aliphatic carbocycles. The summed E-state index contributed by atoms with van der Waals surface area (Å²) in [5, 5.41) is 2.44. The van der Waals surface area contributed by atoms with Crippen LogP contribution in [0.25, 0.3) is 0 Å². The molecule has 1 aliphatic heterocycles. The lowest BCUT2D eigenvalue weighted by Crippen LogP contribution is -2.45. The normalized spacial score (nSPS) is 21.9. The number of nitrogens with one attached hydrogen (secondary N) is 2. The Morgan fingerprint density at radius 1 is 1.14 bits per heavy atom. The Bertz CT molecular complexity index is 856. The zero-order chi connectivity index (χ0) is 19.9. The Balaban J connectivity index is 1.52. The summed E-state index contributed by atoms with van der Waals surface area (Å²) < 4.78 is 27.6. The maximum atomic E-state index is 12.7. The molecule has 6 nitrogen and oxygen atoms in total. The smallest absolute Gasteiger partial charge is 0.307 e. The Morgan fingerprint density at radius 3 is 2.54 bits per heavy atom. The van der Waals surface area contributed by atoms with Crippen LogP contribution in [0.15, 0.2) is 12.1 Å². The first-order valence-corrected chi connectivity index (χ1v) is 12.1. The van der Waals surface area contributed by atoms with E-state index in [2.05, 4.69) is 34.0 Å². The van der Waals surface area contributed by atoms with Crippen molar-refractivity contribution >= 4 is 21.7 Å². The van der Waals surface area contributed by atoms with Crippen LogP contribution in [0.3, 0.4) is 0 Å². The number of carbonyl (C=O) groups excluding carboxylic acids is 1. The highest BCUT2D eigenvalue weighted by atomic mass is 32.2. The van der Waals surface area contributed by atoms with Gasteiger partial charge < -0.3 is 10.2 Å². The molecular weight excluding hydrogens is 374 g/mol. The lowest BCUT2D eigenvalue weighted by molar-refractivity contribution is 0.255. The summed E-state index contributed by atoms with van der Waals surface area (Å²) >= 11 is 0. The van der Waals surface area contributed by atoms with Gasteiger partial charge in [-0.1, -0.05) is 19.1 Å². The first kappa shape index (κ1) is 19.7. The van der Waals surface area contributed by atoms with E-state index < -0.39 is 21.3 Å². The minimum absolute atomic E-state index is 0.381. The molecule has 3 aliphatic rings. The standard InChI is InChI=1S/C21H31N3O3S/c1-14(15-6-7-15)18-9-8-16-4-3-5-19(16)20(18)22-21(25)23-28(26,27)17-10-12-24(2)13-11-17/h8-9,14-15,17H,3-7,10-13H2,1-2H3,(H2,22,23,25). The predicted octanol–water partition coefficient (Wildman–Crippen LogP) is 3.23. The topological polar surface area (TPSA) is 78.5 Å². The van der Waals surface area contributed by atoms with E-state index in [1.54, 1.807) is 0 Å². The fourth-order valence-corrected chi connectivity index (χ4v) is 6.02. The van der Waals surface area contributed by atoms with Gasteiger partial charge in [-0.05, 0) is 93.6 Å². The summed E-state index contributed by atoms with van der Waals surface area (Å²) in [6.07, 6.45) is 6.63. The molecule has 1 aromatic carbocycles. The quantitative estimate of drug-likeness (QED) is 0.788. The minimum atomic E-state index is -3.67. The average Bonchev–Trinajstić information content (AvgIpc) is 3.38. The predicted molar refractivity (Wildman–Crippen MR) is 111 cm³/mol. The van der Waals surface area contributed by atoms with Gasteiger partial charge in [-0.3, -0.25) is 0 Å². The molecule has 2 amide bonds. The Kier molecular flexibility index (Phi) is 5.40. The van der Waals surface area contributed by atoms with Crippen molar-refractivity contribution in [1.82, 2.24) is 9.62 Å². The molecule has 1 saturated carbocycles. The van der Waals surface area contributed by atoms with Gasteiger partial charge in [-0.2, -0.15) is 0 Å². The number of sulfonamides is 1. The van der Waals surface area contributed by atoms with Gasteiger partial charge >= 0.3 is 6.03 Å². The number of benzene rings is 1. The number of urea groups is 1. The van der Waals surface area contributed by atoms with Gasteiger partial charge in [-0.15, -0.1) is 0 Å². The second-order valence-corrected chi connectivity index (χ2v) is 10.7. The van der Waals surface area contributed by atoms with Crippen molar-refractivity contribution in [3.05, 3.63) is 28.8 Å². The number of piperidine rings is 1. The molecule has 1 atom stereocenters. The summed E-state index contributed by atoms with van der Waals surface area (Å²) in [5.41, 5.74) is 4.47. The van der Waals surface area contributed by atoms with Crippen LogP contribution in [0.5, 0.6) is 0 Å². The highest BCUT2D eigenvalue weighted by molar-refractivity contribution is 7.90. The van der Waals surface area contributed by atoms with Crippen molar-refractivity contribution in [2.45, 2.75) is 63.0 Å². The van der Waals surface area contributed by atoms with E-state index in [0.717, 1.165) is 43.6 Å². The van der Waals surface area contributed by atoms with Gasteiger partial charge in [0.1, 0.15) is 0 Å². The molecule has 0 radical (unpaired) electrons. The van der Waals surface area contributed by atoms with Crippen molar-refractivity contribution in [2.75, 3.05) is 25.5 Å². The molecule has 1 unspecified atom stereocenters. The number of nitrogens with zero attached hydrogens (tertiary/aromatic N) is 1. The van der Waals surface area contributed by atoms with Crippen molar-refractivity contribution in [2.24, 2.45) is 5.92 Å². The summed E-state index contributed by atoms with van der Waals surface area (Å²) in [6.45, 7) is 3.69. The molecule has 1 aromatic rings. The highest BCUT2D eigenvalue weighted by Crippen LogP contribution is 2.46. The molecule has 7 heteroatoms. The van der Waals surface area contributed by atoms with E-state index in [9.17, 15) is 13.2 Å². The Hall–Kier alpha value is -1.60. The molecule has 154 valence electrons. The zero-order valence-corrected chi connectivity index (χ0v) is 17.6. The van der Waals surface area contributed by atoms with E-state index in [1.165, 1.54) is 24.0 Å². The fourth-order valence-electron chi connectivity index (χ4n) is 4.71. The molecule has 2 fully saturated rings. The number of hydrogen-bond donors (Lipinski definition) is 2. The lowest BCUT2D eigenvalue weighted by Gasteiger charge is -2.28. The molecule has 0 bridgehead atoms. The Labute approximate surface area is 168 Å². The van der Waals surface area contributed by atoms with Gasteiger partial charge in [0.25, 0.3) is 0 Å². The first-order chi connectivity index (χ1) is 13.3. The van der Waals surface area contributed by atoms with E-state index in [1.807, 2.05) is 7.05 Å². The van der Waals surface area contributed by atoms with Crippen molar-refractivity contribution in [3.63, 3.8) is 0 Å². The summed E-state index contributed by atoms with van der Waals surface area (Å²) in [5.74, 6) is 1.05. The molecule has 1 saturated heterocycles. The maximum Gasteiger partial charge on any atom is 0.332 e. The highest BCUT2D eigenvalue weighted by Gasteiger charge is 2.33. The monoisotopic (exact) mass is 405 g/mol. The van der Waals surface area contributed by atoms with Crippen LogP contribution in [-0.2, 0) is 22.9 Å². The van der Waals surface area contributed by atoms with Gasteiger partial charge in [0, 0.05) is 5.69 Å². The van der Waals surface area contributed by atoms with Crippen LogP contribution < -0.4 is 10.0 Å². The zero-order valence-electron chi connectivity index (χ0n) is 16.8. The SMILES string of the molecule is CC(c1ccc2c(c1NC(=O)NS(=O)(=O)C1CCN(C)CC1)CCC2)C1CC1. The van der Waals surface area contributed by atoms with E-state index in [-0.39, 0.29) is 0 Å². The largest absolute Gasteiger partial charge is 0.332 e. The van der Waals surface area contributed by atoms with Gasteiger partial charge in [-0.25, -0.2) is 17.9 Å². The molecule has 0 aromatic heterocycles. The van der Waals surface area contributed by atoms with Gasteiger partial charge in [0.2, 0.25) is 10.0 Å². The number of rotatable bonds is 5. The molecule has 2 N–H and O–H groups in total. The number of hydrogen-bond acceptors (Lipinski definition) is 4. The van der Waals surface area contributed by atoms with Crippen LogP contribution in [0.4, 0.5) is 10.5 Å². The third kappa shape index (κ3) is 4.06. The van der Waals surface area contributed by atoms with E-state index >= 15 is 0 Å². The van der Waals surface area contributed by atoms with Crippen LogP contribution in [0.2, 0.25) is 0 Å². The number of likely N-dealkylation sites (tertiary alicyclic amines) is 1. The van der Waals surface area contributed by atoms with Crippen LogP contribution in [-0.4, -0.2) is 44.7 Å². The maximum absolute atomic E-state index is 12.7. The van der Waals surface area contributed by atoms with Gasteiger partial charge in [0.05, 0.1) is 5.25 Å². The number of anilines is 1. The third-order valence-corrected chi connectivity index (χ3v) is 8.53. The molecule has 0 spiro atoms. The summed E-state index contributed by atoms with van der Waals surface area (Å²) in [4.78, 5) is 14.8. The van der Waals surface area contributed by atoms with Gasteiger partial charge in [0.15, 0.2) is 0 Å². The lowest BCUT2D eigenvalue weighted by atomic mass is 9.91. The number of fused-ring (bicyclic) bond motifs is 1. The number of carbonyl (C=O) groups is 1. The molecule has 28 heavy (non-hydrogen) atoms. The van der Waals surface area contributed by atoms with Crippen LogP contribution >= 0.6 is 0 Å². The van der Waals surface area contributed by atoms with Crippen LogP contribution in [0.1, 0.15) is 61.6 Å². The second kappa shape index (κ2) is 7.67. The second-order valence-electron chi connectivity index (χ2n) is 8.75. The van der Waals surface area contributed by atoms with Crippen molar-refractivity contribution < 1.29 is 13.2 Å². The minimum Gasteiger partial charge on any atom is -0.307 e. The van der Waals surface area contributed by atoms with Crippen molar-refractivity contribution in [1.29, 1.82) is 0 Å².